The molecular weight excluding hydrogens is 312 g/mol. The van der Waals surface area contributed by atoms with E-state index in [4.69, 9.17) is 0 Å². The van der Waals surface area contributed by atoms with E-state index in [1.165, 1.54) is 5.56 Å². The first-order valence-corrected chi connectivity index (χ1v) is 8.60. The van der Waals surface area contributed by atoms with Crippen LogP contribution in [0.4, 0.5) is 5.82 Å². The van der Waals surface area contributed by atoms with Crippen LogP contribution in [0.2, 0.25) is 0 Å². The second-order valence-electron chi connectivity index (χ2n) is 6.01. The van der Waals surface area contributed by atoms with E-state index in [1.807, 2.05) is 24.4 Å². The number of rotatable bonds is 6. The van der Waals surface area contributed by atoms with Gasteiger partial charge in [0.2, 0.25) is 11.8 Å². The summed E-state index contributed by atoms with van der Waals surface area (Å²) in [4.78, 5) is 24.7. The summed E-state index contributed by atoms with van der Waals surface area (Å²) in [5, 5.41) is 14.6. The molecule has 0 spiro atoms. The number of amides is 2. The standard InChI is InChI=1S/C16H20N4O2S/c1-9-4-6-23-15(9)12-8-13(20-19-12)18-14(21)3-5-17-16(22)11-7-10(11)2/h4,6,8,10-11H,3,5,7H2,1-2H3,(H,17,22)(H2,18,19,20,21). The number of thiophene rings is 1. The van der Waals surface area contributed by atoms with E-state index in [0.717, 1.165) is 17.0 Å². The minimum Gasteiger partial charge on any atom is -0.355 e. The summed E-state index contributed by atoms with van der Waals surface area (Å²) in [6.07, 6.45) is 1.20. The quantitative estimate of drug-likeness (QED) is 0.760. The van der Waals surface area contributed by atoms with Crippen LogP contribution < -0.4 is 10.6 Å². The van der Waals surface area contributed by atoms with Gasteiger partial charge in [-0.2, -0.15) is 5.10 Å². The van der Waals surface area contributed by atoms with Crippen LogP contribution in [0.25, 0.3) is 10.6 Å². The van der Waals surface area contributed by atoms with E-state index in [-0.39, 0.29) is 24.2 Å². The monoisotopic (exact) mass is 332 g/mol. The van der Waals surface area contributed by atoms with Crippen LogP contribution in [0, 0.1) is 18.8 Å². The molecule has 0 aromatic carbocycles. The van der Waals surface area contributed by atoms with Gasteiger partial charge in [0.05, 0.1) is 10.6 Å². The smallest absolute Gasteiger partial charge is 0.227 e. The van der Waals surface area contributed by atoms with E-state index < -0.39 is 0 Å². The van der Waals surface area contributed by atoms with Crippen molar-refractivity contribution >= 4 is 29.0 Å². The number of H-pyrrole nitrogens is 1. The lowest BCUT2D eigenvalue weighted by molar-refractivity contribution is -0.122. The molecule has 2 heterocycles. The maximum Gasteiger partial charge on any atom is 0.227 e. The molecule has 7 heteroatoms. The predicted molar refractivity (Wildman–Crippen MR) is 90.2 cm³/mol. The van der Waals surface area contributed by atoms with Gasteiger partial charge in [-0.15, -0.1) is 11.3 Å². The lowest BCUT2D eigenvalue weighted by Gasteiger charge is -2.04. The fourth-order valence-corrected chi connectivity index (χ4v) is 3.37. The molecule has 1 saturated carbocycles. The van der Waals surface area contributed by atoms with Crippen LogP contribution >= 0.6 is 11.3 Å². The maximum atomic E-state index is 11.9. The molecule has 6 nitrogen and oxygen atoms in total. The Morgan fingerprint density at radius 2 is 2.26 bits per heavy atom. The second-order valence-corrected chi connectivity index (χ2v) is 6.92. The summed E-state index contributed by atoms with van der Waals surface area (Å²) in [5.41, 5.74) is 2.07. The molecule has 0 bridgehead atoms. The van der Waals surface area contributed by atoms with E-state index in [9.17, 15) is 9.59 Å². The molecule has 1 fully saturated rings. The molecule has 2 amide bonds. The maximum absolute atomic E-state index is 11.9. The molecule has 1 aliphatic rings. The van der Waals surface area contributed by atoms with Crippen molar-refractivity contribution in [2.75, 3.05) is 11.9 Å². The zero-order valence-corrected chi connectivity index (χ0v) is 14.0. The zero-order chi connectivity index (χ0) is 16.4. The summed E-state index contributed by atoms with van der Waals surface area (Å²) < 4.78 is 0. The van der Waals surface area contributed by atoms with Crippen molar-refractivity contribution in [3.8, 4) is 10.6 Å². The minimum atomic E-state index is -0.157. The van der Waals surface area contributed by atoms with Gasteiger partial charge >= 0.3 is 0 Å². The summed E-state index contributed by atoms with van der Waals surface area (Å²) in [5.74, 6) is 1.02. The lowest BCUT2D eigenvalue weighted by atomic mass is 10.2. The number of hydrogen-bond acceptors (Lipinski definition) is 4. The highest BCUT2D eigenvalue weighted by Crippen LogP contribution is 2.37. The van der Waals surface area contributed by atoms with E-state index in [1.54, 1.807) is 11.3 Å². The Hall–Kier alpha value is -2.15. The fraction of sp³-hybridized carbons (Fsp3) is 0.438. The molecule has 23 heavy (non-hydrogen) atoms. The molecule has 0 aliphatic heterocycles. The number of aromatic nitrogens is 2. The topological polar surface area (TPSA) is 86.9 Å². The highest BCUT2D eigenvalue weighted by molar-refractivity contribution is 7.13. The van der Waals surface area contributed by atoms with Crippen molar-refractivity contribution in [2.24, 2.45) is 11.8 Å². The number of anilines is 1. The number of aryl methyl sites for hydroxylation is 1. The molecule has 2 aromatic heterocycles. The minimum absolute atomic E-state index is 0.0560. The third-order valence-electron chi connectivity index (χ3n) is 4.05. The number of carbonyl (C=O) groups is 2. The molecule has 122 valence electrons. The Morgan fingerprint density at radius 3 is 2.91 bits per heavy atom. The van der Waals surface area contributed by atoms with Crippen molar-refractivity contribution < 1.29 is 9.59 Å². The van der Waals surface area contributed by atoms with E-state index in [2.05, 4.69) is 27.8 Å². The Kier molecular flexibility index (Phi) is 4.47. The van der Waals surface area contributed by atoms with Crippen molar-refractivity contribution in [1.82, 2.24) is 15.5 Å². The predicted octanol–water partition coefficient (Wildman–Crippen LogP) is 2.55. The normalized spacial score (nSPS) is 19.4. The zero-order valence-electron chi connectivity index (χ0n) is 13.2. The third-order valence-corrected chi connectivity index (χ3v) is 5.10. The van der Waals surface area contributed by atoms with Crippen LogP contribution in [-0.4, -0.2) is 28.6 Å². The lowest BCUT2D eigenvalue weighted by Crippen LogP contribution is -2.29. The van der Waals surface area contributed by atoms with Crippen molar-refractivity contribution in [1.29, 1.82) is 0 Å². The first-order valence-electron chi connectivity index (χ1n) is 7.72. The highest BCUT2D eigenvalue weighted by Gasteiger charge is 2.38. The van der Waals surface area contributed by atoms with Gasteiger partial charge in [0.1, 0.15) is 0 Å². The molecule has 3 rings (SSSR count). The fourth-order valence-electron chi connectivity index (χ4n) is 2.47. The van der Waals surface area contributed by atoms with Gasteiger partial charge in [-0.05, 0) is 36.3 Å². The van der Waals surface area contributed by atoms with Gasteiger partial charge < -0.3 is 10.6 Å². The van der Waals surface area contributed by atoms with Crippen molar-refractivity contribution in [3.05, 3.63) is 23.1 Å². The number of carbonyl (C=O) groups excluding carboxylic acids is 2. The average Bonchev–Trinajstić information content (AvgIpc) is 2.88. The summed E-state index contributed by atoms with van der Waals surface area (Å²) in [6, 6.07) is 3.86. The van der Waals surface area contributed by atoms with E-state index in [0.29, 0.717) is 18.3 Å². The molecule has 3 N–H and O–H groups in total. The van der Waals surface area contributed by atoms with Gasteiger partial charge in [0.15, 0.2) is 5.82 Å². The highest BCUT2D eigenvalue weighted by atomic mass is 32.1. The Balaban J connectivity index is 1.46. The largest absolute Gasteiger partial charge is 0.355 e. The Bertz CT molecular complexity index is 721. The number of nitrogens with zero attached hydrogens (tertiary/aromatic N) is 1. The number of aromatic amines is 1. The van der Waals surface area contributed by atoms with Crippen LogP contribution in [-0.2, 0) is 9.59 Å². The second kappa shape index (κ2) is 6.54. The molecule has 2 atom stereocenters. The SMILES string of the molecule is Cc1ccsc1-c1cc(NC(=O)CCNC(=O)C2CC2C)n[nH]1. The van der Waals surface area contributed by atoms with Crippen molar-refractivity contribution in [2.45, 2.75) is 26.7 Å². The molecule has 2 unspecified atom stereocenters. The average molecular weight is 332 g/mol. The summed E-state index contributed by atoms with van der Waals surface area (Å²) >= 11 is 1.63. The molecule has 2 aromatic rings. The Labute approximate surface area is 138 Å². The van der Waals surface area contributed by atoms with Gasteiger partial charge in [-0.25, -0.2) is 0 Å². The Morgan fingerprint density at radius 1 is 1.48 bits per heavy atom. The number of nitrogens with one attached hydrogen (secondary N) is 3. The molecule has 1 aliphatic carbocycles. The van der Waals surface area contributed by atoms with Gasteiger partial charge in [-0.3, -0.25) is 14.7 Å². The molecule has 0 radical (unpaired) electrons. The summed E-state index contributed by atoms with van der Waals surface area (Å²) in [6.45, 7) is 4.45. The third kappa shape index (κ3) is 3.79. The van der Waals surface area contributed by atoms with Gasteiger partial charge in [0, 0.05) is 24.9 Å². The first-order chi connectivity index (χ1) is 11.0. The molecule has 0 saturated heterocycles. The summed E-state index contributed by atoms with van der Waals surface area (Å²) in [7, 11) is 0. The van der Waals surface area contributed by atoms with Crippen molar-refractivity contribution in [3.63, 3.8) is 0 Å². The van der Waals surface area contributed by atoms with Gasteiger partial charge in [-0.1, -0.05) is 6.92 Å². The van der Waals surface area contributed by atoms with Crippen LogP contribution in [0.1, 0.15) is 25.3 Å². The first kappa shape index (κ1) is 15.7. The molecular formula is C16H20N4O2S. The number of hydrogen-bond donors (Lipinski definition) is 3. The van der Waals surface area contributed by atoms with E-state index >= 15 is 0 Å². The van der Waals surface area contributed by atoms with Crippen LogP contribution in [0.3, 0.4) is 0 Å². The van der Waals surface area contributed by atoms with Gasteiger partial charge in [0.25, 0.3) is 0 Å². The van der Waals surface area contributed by atoms with Crippen LogP contribution in [0.15, 0.2) is 17.5 Å². The van der Waals surface area contributed by atoms with Crippen LogP contribution in [0.5, 0.6) is 0 Å².